The maximum atomic E-state index is 10.4. The molecule has 0 aliphatic rings. The Bertz CT molecular complexity index is 1060. The van der Waals surface area contributed by atoms with Crippen LogP contribution in [0, 0.1) is 0 Å². The van der Waals surface area contributed by atoms with E-state index >= 15 is 0 Å². The predicted molar refractivity (Wildman–Crippen MR) is 116 cm³/mol. The molecule has 0 bridgehead atoms. The highest BCUT2D eigenvalue weighted by Crippen LogP contribution is 2.36. The minimum atomic E-state index is -0.923. The first-order valence-electron chi connectivity index (χ1n) is 10.6. The van der Waals surface area contributed by atoms with E-state index in [1.807, 2.05) is 0 Å². The molecule has 1 radical (unpaired) electrons. The average Bonchev–Trinajstić information content (AvgIpc) is 2.71. The molecule has 0 aliphatic carbocycles. The lowest BCUT2D eigenvalue weighted by Crippen LogP contribution is -1.92. The molecule has 0 saturated heterocycles. The Morgan fingerprint density at radius 2 is 1.18 bits per heavy atom. The maximum absolute atomic E-state index is 10.4. The van der Waals surface area contributed by atoms with Crippen molar-refractivity contribution in [2.75, 3.05) is 0 Å². The van der Waals surface area contributed by atoms with E-state index in [4.69, 9.17) is 0 Å². The summed E-state index contributed by atoms with van der Waals surface area (Å²) in [6, 6.07) is 20.2. The second-order valence-electron chi connectivity index (χ2n) is 7.93. The van der Waals surface area contributed by atoms with E-state index in [-0.39, 0.29) is 6.42 Å². The highest BCUT2D eigenvalue weighted by molar-refractivity contribution is 6.23. The third-order valence-corrected chi connectivity index (χ3v) is 5.95. The second-order valence-corrected chi connectivity index (χ2v) is 7.93. The van der Waals surface area contributed by atoms with Gasteiger partial charge in [-0.25, -0.2) is 9.90 Å². The van der Waals surface area contributed by atoms with Gasteiger partial charge < -0.3 is 0 Å². The summed E-state index contributed by atoms with van der Waals surface area (Å²) in [6.45, 7) is 0. The monoisotopic (exact) mass is 371 g/mol. The van der Waals surface area contributed by atoms with Gasteiger partial charge in [-0.1, -0.05) is 86.7 Å². The molecule has 0 atom stereocenters. The van der Waals surface area contributed by atoms with Gasteiger partial charge in [-0.15, -0.1) is 0 Å². The highest BCUT2D eigenvalue weighted by Gasteiger charge is 2.10. The molecule has 28 heavy (non-hydrogen) atoms. The summed E-state index contributed by atoms with van der Waals surface area (Å²) in [5, 5.41) is 18.6. The van der Waals surface area contributed by atoms with Gasteiger partial charge in [0.2, 0.25) is 0 Å². The summed E-state index contributed by atoms with van der Waals surface area (Å²) < 4.78 is 0. The van der Waals surface area contributed by atoms with Crippen LogP contribution in [0.1, 0.15) is 56.9 Å². The third kappa shape index (κ3) is 3.96. The van der Waals surface area contributed by atoms with Gasteiger partial charge in [0.15, 0.2) is 0 Å². The van der Waals surface area contributed by atoms with Crippen LogP contribution < -0.4 is 0 Å². The van der Waals surface area contributed by atoms with Gasteiger partial charge in [-0.3, -0.25) is 0 Å². The first-order valence-corrected chi connectivity index (χ1v) is 10.6. The molecule has 0 spiro atoms. The normalized spacial score (nSPS) is 11.7. The molecule has 0 unspecified atom stereocenters. The molecule has 4 aromatic carbocycles. The molecule has 2 nitrogen and oxygen atoms in total. The Kier molecular flexibility index (Phi) is 5.76. The minimum Gasteiger partial charge on any atom is -0.247 e. The van der Waals surface area contributed by atoms with Crippen LogP contribution in [0.25, 0.3) is 32.3 Å². The third-order valence-electron chi connectivity index (χ3n) is 5.95. The van der Waals surface area contributed by atoms with E-state index in [0.29, 0.717) is 0 Å². The molecule has 0 fully saturated rings. The van der Waals surface area contributed by atoms with Crippen LogP contribution in [-0.2, 0) is 16.3 Å². The standard InChI is InChI=1S/C26H27O2/c27-24(28)12-7-5-3-1-2-4-6-9-19-13-14-22-16-15-20-10-8-11-21-17-18-23(19)26(22)25(20)21/h8,10-11,13-18H,1-7,9,12H2. The number of carbonyl (C=O) groups excluding carboxylic acids is 1. The number of unbranched alkanes of at least 4 members (excludes halogenated alkanes) is 6. The molecule has 4 rings (SSSR count). The maximum Gasteiger partial charge on any atom is 0.355 e. The Balaban J connectivity index is 1.38. The van der Waals surface area contributed by atoms with E-state index in [2.05, 4.69) is 54.6 Å². The summed E-state index contributed by atoms with van der Waals surface area (Å²) in [4.78, 5) is 10.4. The second kappa shape index (κ2) is 8.60. The lowest BCUT2D eigenvalue weighted by molar-refractivity contribution is -0.143. The van der Waals surface area contributed by atoms with Gasteiger partial charge in [-0.05, 0) is 57.1 Å². The van der Waals surface area contributed by atoms with Crippen LogP contribution in [0.4, 0.5) is 0 Å². The van der Waals surface area contributed by atoms with Crippen LogP contribution in [0.2, 0.25) is 0 Å². The Morgan fingerprint density at radius 1 is 0.607 bits per heavy atom. The molecule has 0 aliphatic heterocycles. The molecule has 4 aromatic rings. The first kappa shape index (κ1) is 18.7. The van der Waals surface area contributed by atoms with Crippen molar-refractivity contribution in [3.05, 3.63) is 60.2 Å². The van der Waals surface area contributed by atoms with Crippen molar-refractivity contribution in [2.24, 2.45) is 0 Å². The number of benzene rings is 4. The average molecular weight is 372 g/mol. The van der Waals surface area contributed by atoms with Crippen molar-refractivity contribution in [1.29, 1.82) is 0 Å². The van der Waals surface area contributed by atoms with Crippen molar-refractivity contribution in [3.63, 3.8) is 0 Å². The number of carbonyl (C=O) groups is 1. The van der Waals surface area contributed by atoms with Gasteiger partial charge in [0.25, 0.3) is 0 Å². The molecule has 2 heteroatoms. The van der Waals surface area contributed by atoms with E-state index in [9.17, 15) is 9.90 Å². The zero-order valence-corrected chi connectivity index (χ0v) is 16.4. The first-order chi connectivity index (χ1) is 13.7. The van der Waals surface area contributed by atoms with E-state index in [1.54, 1.807) is 0 Å². The molecule has 0 saturated carbocycles. The molecule has 0 N–H and O–H groups in total. The molecular formula is C26H27O2. The smallest absolute Gasteiger partial charge is 0.247 e. The van der Waals surface area contributed by atoms with E-state index < -0.39 is 5.97 Å². The Morgan fingerprint density at radius 3 is 1.89 bits per heavy atom. The topological polar surface area (TPSA) is 37.0 Å². The Hall–Kier alpha value is -2.61. The van der Waals surface area contributed by atoms with Gasteiger partial charge in [-0.2, -0.15) is 0 Å². The number of rotatable bonds is 10. The van der Waals surface area contributed by atoms with Gasteiger partial charge in [0.05, 0.1) is 6.42 Å². The fourth-order valence-electron chi connectivity index (χ4n) is 4.48. The quantitative estimate of drug-likeness (QED) is 0.214. The van der Waals surface area contributed by atoms with Crippen molar-refractivity contribution >= 4 is 38.3 Å². The summed E-state index contributed by atoms with van der Waals surface area (Å²) in [5.41, 5.74) is 1.46. The van der Waals surface area contributed by atoms with Crippen LogP contribution in [0.5, 0.6) is 0 Å². The summed E-state index contributed by atoms with van der Waals surface area (Å²) >= 11 is 0. The van der Waals surface area contributed by atoms with Crippen molar-refractivity contribution in [1.82, 2.24) is 0 Å². The lowest BCUT2D eigenvalue weighted by atomic mass is 9.90. The van der Waals surface area contributed by atoms with Crippen molar-refractivity contribution < 1.29 is 9.90 Å². The number of aryl methyl sites for hydroxylation is 1. The molecule has 0 aromatic heterocycles. The van der Waals surface area contributed by atoms with Gasteiger partial charge in [0, 0.05) is 0 Å². The zero-order chi connectivity index (χ0) is 19.3. The lowest BCUT2D eigenvalue weighted by Gasteiger charge is -2.14. The van der Waals surface area contributed by atoms with Crippen LogP contribution in [0.3, 0.4) is 0 Å². The van der Waals surface area contributed by atoms with Gasteiger partial charge >= 0.3 is 5.97 Å². The summed E-state index contributed by atoms with van der Waals surface area (Å²) in [6.07, 6.45) is 9.10. The summed E-state index contributed by atoms with van der Waals surface area (Å²) in [7, 11) is 0. The number of hydrogen-bond donors (Lipinski definition) is 0. The molecule has 143 valence electrons. The van der Waals surface area contributed by atoms with Gasteiger partial charge in [0.1, 0.15) is 0 Å². The number of hydrogen-bond acceptors (Lipinski definition) is 1. The molecule has 0 heterocycles. The molecular weight excluding hydrogens is 344 g/mol. The fourth-order valence-corrected chi connectivity index (χ4v) is 4.48. The predicted octanol–water partition coefficient (Wildman–Crippen LogP) is 7.20. The Labute approximate surface area is 166 Å². The van der Waals surface area contributed by atoms with Crippen LogP contribution in [-0.4, -0.2) is 5.97 Å². The van der Waals surface area contributed by atoms with Crippen molar-refractivity contribution in [3.8, 4) is 0 Å². The largest absolute Gasteiger partial charge is 0.355 e. The van der Waals surface area contributed by atoms with Crippen LogP contribution in [0.15, 0.2) is 54.6 Å². The van der Waals surface area contributed by atoms with Crippen molar-refractivity contribution in [2.45, 2.75) is 57.8 Å². The van der Waals surface area contributed by atoms with Crippen LogP contribution >= 0.6 is 0 Å². The minimum absolute atomic E-state index is 0.203. The molecule has 0 amide bonds. The fraction of sp³-hybridized carbons (Fsp3) is 0.346. The summed E-state index contributed by atoms with van der Waals surface area (Å²) in [5.74, 6) is -0.923. The zero-order valence-electron chi connectivity index (χ0n) is 16.4. The van der Waals surface area contributed by atoms with E-state index in [1.165, 1.54) is 63.6 Å². The van der Waals surface area contributed by atoms with E-state index in [0.717, 1.165) is 25.7 Å². The highest BCUT2D eigenvalue weighted by atomic mass is 16.4. The SMILES string of the molecule is [O]C(=O)CCCCCCCCCc1ccc2ccc3cccc4ccc1c2c34.